The van der Waals surface area contributed by atoms with Crippen LogP contribution in [-0.4, -0.2) is 72.5 Å². The predicted octanol–water partition coefficient (Wildman–Crippen LogP) is 3.18. The summed E-state index contributed by atoms with van der Waals surface area (Å²) >= 11 is 0. The number of para-hydroxylation sites is 1. The molecule has 0 spiro atoms. The first-order chi connectivity index (χ1) is 17.1. The van der Waals surface area contributed by atoms with Crippen molar-refractivity contribution >= 4 is 22.9 Å². The van der Waals surface area contributed by atoms with E-state index in [1.807, 2.05) is 36.8 Å². The molecule has 5 rings (SSSR count). The van der Waals surface area contributed by atoms with Crippen LogP contribution in [0.5, 0.6) is 0 Å². The first kappa shape index (κ1) is 24.2. The minimum Gasteiger partial charge on any atom is -0.384 e. The van der Waals surface area contributed by atoms with Crippen LogP contribution >= 0.6 is 0 Å². The van der Waals surface area contributed by atoms with E-state index in [1.54, 1.807) is 18.5 Å². The molecule has 10 heteroatoms. The molecule has 0 unspecified atom stereocenters. The zero-order chi connectivity index (χ0) is 25.6. The number of nitrogens with zero attached hydrogens (tertiary/aromatic N) is 8. The molecule has 0 saturated carbocycles. The molecule has 0 amide bonds. The number of benzene rings is 1. The first-order valence-corrected chi connectivity index (χ1v) is 12.4. The van der Waals surface area contributed by atoms with Gasteiger partial charge in [0.1, 0.15) is 5.60 Å². The number of rotatable bonds is 8. The van der Waals surface area contributed by atoms with Gasteiger partial charge in [-0.05, 0) is 59.5 Å². The van der Waals surface area contributed by atoms with E-state index in [0.29, 0.717) is 18.3 Å². The molecule has 3 aromatic heterocycles. The SMILES string of the molecule is CC(C)n1cnc2c(NCc3ccccc3-n3ccc(C(C)(C)O)n3)nc(N3CC(N(C)C)C3)nc21. The monoisotopic (exact) mass is 489 g/mol. The third-order valence-electron chi connectivity index (χ3n) is 6.74. The molecule has 0 radical (unpaired) electrons. The Labute approximate surface area is 211 Å². The number of fused-ring (bicyclic) bond motifs is 1. The molecule has 0 aliphatic carbocycles. The van der Waals surface area contributed by atoms with Crippen LogP contribution in [-0.2, 0) is 12.1 Å². The summed E-state index contributed by atoms with van der Waals surface area (Å²) in [5.74, 6) is 1.44. The predicted molar refractivity (Wildman–Crippen MR) is 142 cm³/mol. The Kier molecular flexibility index (Phi) is 6.17. The lowest BCUT2D eigenvalue weighted by Gasteiger charge is -2.42. The topological polar surface area (TPSA) is 100 Å². The average Bonchev–Trinajstić information content (AvgIpc) is 3.44. The van der Waals surface area contributed by atoms with Crippen LogP contribution in [0, 0.1) is 0 Å². The molecule has 10 nitrogen and oxygen atoms in total. The number of imidazole rings is 1. The van der Waals surface area contributed by atoms with Crippen molar-refractivity contribution in [3.05, 3.63) is 54.1 Å². The highest BCUT2D eigenvalue weighted by Gasteiger charge is 2.31. The second-order valence-electron chi connectivity index (χ2n) is 10.5. The van der Waals surface area contributed by atoms with Crippen molar-refractivity contribution in [2.75, 3.05) is 37.4 Å². The molecule has 1 aliphatic rings. The Balaban J connectivity index is 1.46. The third-order valence-corrected chi connectivity index (χ3v) is 6.74. The van der Waals surface area contributed by atoms with Crippen LogP contribution < -0.4 is 10.2 Å². The number of aromatic nitrogens is 6. The van der Waals surface area contributed by atoms with Crippen molar-refractivity contribution in [2.24, 2.45) is 0 Å². The van der Waals surface area contributed by atoms with Gasteiger partial charge in [-0.1, -0.05) is 18.2 Å². The normalized spacial score (nSPS) is 14.8. The fourth-order valence-corrected chi connectivity index (χ4v) is 4.34. The molecule has 1 aliphatic heterocycles. The molecule has 0 bridgehead atoms. The highest BCUT2D eigenvalue weighted by molar-refractivity contribution is 5.84. The average molecular weight is 490 g/mol. The highest BCUT2D eigenvalue weighted by atomic mass is 16.3. The minimum atomic E-state index is -1.00. The summed E-state index contributed by atoms with van der Waals surface area (Å²) in [6.45, 7) is 10.1. The van der Waals surface area contributed by atoms with Crippen molar-refractivity contribution in [3.8, 4) is 5.69 Å². The van der Waals surface area contributed by atoms with Crippen molar-refractivity contribution in [1.82, 2.24) is 34.2 Å². The molecular formula is C26H35N9O. The van der Waals surface area contributed by atoms with Crippen molar-refractivity contribution in [1.29, 1.82) is 0 Å². The van der Waals surface area contributed by atoms with E-state index in [0.717, 1.165) is 47.3 Å². The Morgan fingerprint density at radius 2 is 1.89 bits per heavy atom. The van der Waals surface area contributed by atoms with Crippen LogP contribution in [0.2, 0.25) is 0 Å². The van der Waals surface area contributed by atoms with Crippen LogP contribution in [0.4, 0.5) is 11.8 Å². The first-order valence-electron chi connectivity index (χ1n) is 12.4. The van der Waals surface area contributed by atoms with Crippen LogP contribution in [0.1, 0.15) is 45.0 Å². The Morgan fingerprint density at radius 3 is 2.56 bits per heavy atom. The van der Waals surface area contributed by atoms with Gasteiger partial charge in [-0.25, -0.2) is 9.67 Å². The molecule has 1 fully saturated rings. The molecule has 1 saturated heterocycles. The minimum absolute atomic E-state index is 0.238. The van der Waals surface area contributed by atoms with E-state index < -0.39 is 5.60 Å². The van der Waals surface area contributed by atoms with Crippen molar-refractivity contribution < 1.29 is 5.11 Å². The lowest BCUT2D eigenvalue weighted by atomic mass is 10.1. The summed E-state index contributed by atoms with van der Waals surface area (Å²) in [5, 5.41) is 18.5. The molecular weight excluding hydrogens is 454 g/mol. The van der Waals surface area contributed by atoms with Crippen LogP contribution in [0.3, 0.4) is 0 Å². The molecule has 190 valence electrons. The summed E-state index contributed by atoms with van der Waals surface area (Å²) in [5.41, 5.74) is 3.21. The molecule has 4 aromatic rings. The summed E-state index contributed by atoms with van der Waals surface area (Å²) in [4.78, 5) is 18.9. The number of aliphatic hydroxyl groups is 1. The summed E-state index contributed by atoms with van der Waals surface area (Å²) in [6, 6.07) is 10.7. The molecule has 0 atom stereocenters. The number of hydrogen-bond donors (Lipinski definition) is 2. The number of anilines is 2. The van der Waals surface area contributed by atoms with Gasteiger partial charge in [-0.3, -0.25) is 0 Å². The smallest absolute Gasteiger partial charge is 0.229 e. The maximum Gasteiger partial charge on any atom is 0.229 e. The highest BCUT2D eigenvalue weighted by Crippen LogP contribution is 2.28. The van der Waals surface area contributed by atoms with Gasteiger partial charge in [0.15, 0.2) is 17.0 Å². The standard InChI is InChI=1S/C26H35N9O/c1-17(2)34-16-28-22-23(29-25(30-24(22)34)33-14-19(15-33)32(5)6)27-13-18-9-7-8-10-20(18)35-12-11-21(31-35)26(3,4)36/h7-12,16-17,19,36H,13-15H2,1-6H3,(H,27,29,30). The second-order valence-corrected chi connectivity index (χ2v) is 10.5. The van der Waals surface area contributed by atoms with Crippen molar-refractivity contribution in [2.45, 2.75) is 51.9 Å². The Bertz CT molecular complexity index is 1360. The summed E-state index contributed by atoms with van der Waals surface area (Å²) in [7, 11) is 4.21. The largest absolute Gasteiger partial charge is 0.384 e. The van der Waals surface area contributed by atoms with Gasteiger partial charge in [0.25, 0.3) is 0 Å². The summed E-state index contributed by atoms with van der Waals surface area (Å²) < 4.78 is 3.89. The number of hydrogen-bond acceptors (Lipinski definition) is 8. The Morgan fingerprint density at radius 1 is 1.14 bits per heavy atom. The van der Waals surface area contributed by atoms with Gasteiger partial charge >= 0.3 is 0 Å². The third kappa shape index (κ3) is 4.54. The van der Waals surface area contributed by atoms with Gasteiger partial charge < -0.3 is 24.8 Å². The molecule has 36 heavy (non-hydrogen) atoms. The fourth-order valence-electron chi connectivity index (χ4n) is 4.34. The van der Waals surface area contributed by atoms with Crippen LogP contribution in [0.15, 0.2) is 42.9 Å². The lowest BCUT2D eigenvalue weighted by Crippen LogP contribution is -2.58. The molecule has 4 heterocycles. The Hall–Kier alpha value is -3.50. The zero-order valence-electron chi connectivity index (χ0n) is 21.8. The van der Waals surface area contributed by atoms with Gasteiger partial charge in [-0.15, -0.1) is 0 Å². The quantitative estimate of drug-likeness (QED) is 0.389. The number of likely N-dealkylation sites (N-methyl/N-ethyl adjacent to an activating group) is 1. The van der Waals surface area contributed by atoms with Crippen molar-refractivity contribution in [3.63, 3.8) is 0 Å². The van der Waals surface area contributed by atoms with Crippen LogP contribution in [0.25, 0.3) is 16.9 Å². The zero-order valence-corrected chi connectivity index (χ0v) is 21.8. The van der Waals surface area contributed by atoms with E-state index in [9.17, 15) is 5.11 Å². The van der Waals surface area contributed by atoms with Gasteiger partial charge in [0.2, 0.25) is 5.95 Å². The van der Waals surface area contributed by atoms with E-state index in [2.05, 4.69) is 63.8 Å². The van der Waals surface area contributed by atoms with Gasteiger partial charge in [0, 0.05) is 37.9 Å². The van der Waals surface area contributed by atoms with E-state index >= 15 is 0 Å². The van der Waals surface area contributed by atoms with E-state index in [-0.39, 0.29) is 6.04 Å². The maximum absolute atomic E-state index is 10.3. The van der Waals surface area contributed by atoms with Gasteiger partial charge in [0.05, 0.1) is 17.7 Å². The van der Waals surface area contributed by atoms with E-state index in [4.69, 9.17) is 9.97 Å². The maximum atomic E-state index is 10.3. The molecule has 2 N–H and O–H groups in total. The summed E-state index contributed by atoms with van der Waals surface area (Å²) in [6.07, 6.45) is 3.72. The molecule has 1 aromatic carbocycles. The second kappa shape index (κ2) is 9.18. The van der Waals surface area contributed by atoms with Gasteiger partial charge in [-0.2, -0.15) is 15.1 Å². The fraction of sp³-hybridized carbons (Fsp3) is 0.462. The van der Waals surface area contributed by atoms with E-state index in [1.165, 1.54) is 0 Å². The number of nitrogens with one attached hydrogen (secondary N) is 1. The lowest BCUT2D eigenvalue weighted by molar-refractivity contribution is 0.0734.